The molecule has 0 bridgehead atoms. The van der Waals surface area contributed by atoms with Gasteiger partial charge in [-0.25, -0.2) is 4.79 Å². The fraction of sp³-hybridized carbons (Fsp3) is 0.357. The molecule has 1 atom stereocenters. The topological polar surface area (TPSA) is 31.2 Å². The van der Waals surface area contributed by atoms with Gasteiger partial charge in [-0.15, -0.1) is 0 Å². The largest absolute Gasteiger partial charge is 0.464 e. The van der Waals surface area contributed by atoms with E-state index in [1.807, 2.05) is 48.9 Å². The summed E-state index contributed by atoms with van der Waals surface area (Å²) in [4.78, 5) is 11.8. The summed E-state index contributed by atoms with van der Waals surface area (Å²) < 4.78 is 7.07. The Balaban J connectivity index is 2.28. The minimum Gasteiger partial charge on any atom is -0.464 e. The lowest BCUT2D eigenvalue weighted by molar-refractivity contribution is -0.147. The van der Waals surface area contributed by atoms with E-state index in [1.54, 1.807) is 0 Å². The highest BCUT2D eigenvalue weighted by molar-refractivity contribution is 6.31. The molecule has 0 N–H and O–H groups in total. The molecule has 0 aliphatic carbocycles. The lowest BCUT2D eigenvalue weighted by Gasteiger charge is -2.14. The van der Waals surface area contributed by atoms with Crippen molar-refractivity contribution in [2.24, 2.45) is 0 Å². The molecule has 2 rings (SSSR count). The van der Waals surface area contributed by atoms with Gasteiger partial charge in [-0.3, -0.25) is 0 Å². The Morgan fingerprint density at radius 1 is 1.44 bits per heavy atom. The SMILES string of the molecule is CCCOC(=O)C(C)n1ccc2cc(Cl)ccc21. The van der Waals surface area contributed by atoms with Crippen LogP contribution < -0.4 is 0 Å². The standard InChI is InChI=1S/C14H16ClNO2/c1-3-8-18-14(17)10(2)16-7-6-11-9-12(15)4-5-13(11)16/h4-7,9-10H,3,8H2,1-2H3. The molecule has 3 nitrogen and oxygen atoms in total. The van der Waals surface area contributed by atoms with Gasteiger partial charge in [0.05, 0.1) is 6.61 Å². The Bertz CT molecular complexity index is 562. The number of fused-ring (bicyclic) bond motifs is 1. The molecule has 1 aromatic heterocycles. The Morgan fingerprint density at radius 3 is 2.94 bits per heavy atom. The first-order valence-corrected chi connectivity index (χ1v) is 6.44. The third kappa shape index (κ3) is 2.51. The van der Waals surface area contributed by atoms with Gasteiger partial charge in [0.2, 0.25) is 0 Å². The van der Waals surface area contributed by atoms with Crippen LogP contribution in [-0.4, -0.2) is 17.1 Å². The molecule has 0 spiro atoms. The van der Waals surface area contributed by atoms with Gasteiger partial charge in [0, 0.05) is 22.1 Å². The van der Waals surface area contributed by atoms with Gasteiger partial charge in [0.25, 0.3) is 0 Å². The van der Waals surface area contributed by atoms with Gasteiger partial charge in [-0.05, 0) is 37.6 Å². The van der Waals surface area contributed by atoms with Gasteiger partial charge >= 0.3 is 5.97 Å². The number of ether oxygens (including phenoxy) is 1. The van der Waals surface area contributed by atoms with Crippen LogP contribution in [0.3, 0.4) is 0 Å². The highest BCUT2D eigenvalue weighted by Gasteiger charge is 2.17. The predicted molar refractivity (Wildman–Crippen MR) is 72.9 cm³/mol. The Kier molecular flexibility index (Phi) is 3.92. The normalized spacial score (nSPS) is 12.6. The van der Waals surface area contributed by atoms with Crippen molar-refractivity contribution in [3.8, 4) is 0 Å². The third-order valence-corrected chi connectivity index (χ3v) is 3.12. The lowest BCUT2D eigenvalue weighted by atomic mass is 10.2. The Hall–Kier alpha value is -1.48. The average molecular weight is 266 g/mol. The summed E-state index contributed by atoms with van der Waals surface area (Å²) >= 11 is 5.94. The molecule has 0 radical (unpaired) electrons. The summed E-state index contributed by atoms with van der Waals surface area (Å²) in [6, 6.07) is 7.25. The number of benzene rings is 1. The maximum absolute atomic E-state index is 11.8. The molecular formula is C14H16ClNO2. The zero-order chi connectivity index (χ0) is 13.1. The number of carbonyl (C=O) groups excluding carboxylic acids is 1. The molecule has 0 saturated carbocycles. The Labute approximate surface area is 111 Å². The molecule has 1 unspecified atom stereocenters. The van der Waals surface area contributed by atoms with E-state index in [9.17, 15) is 4.79 Å². The number of hydrogen-bond donors (Lipinski definition) is 0. The minimum atomic E-state index is -0.324. The molecule has 0 fully saturated rings. The molecule has 18 heavy (non-hydrogen) atoms. The molecule has 0 aliphatic rings. The molecule has 1 heterocycles. The second-order valence-corrected chi connectivity index (χ2v) is 4.71. The molecule has 0 saturated heterocycles. The van der Waals surface area contributed by atoms with Crippen LogP contribution in [0.2, 0.25) is 5.02 Å². The number of hydrogen-bond acceptors (Lipinski definition) is 2. The van der Waals surface area contributed by atoms with Gasteiger partial charge in [-0.1, -0.05) is 18.5 Å². The van der Waals surface area contributed by atoms with E-state index in [1.165, 1.54) is 0 Å². The predicted octanol–water partition coefficient (Wildman–Crippen LogP) is 3.81. The van der Waals surface area contributed by atoms with Crippen molar-refractivity contribution in [1.82, 2.24) is 4.57 Å². The van der Waals surface area contributed by atoms with E-state index in [4.69, 9.17) is 16.3 Å². The van der Waals surface area contributed by atoms with Crippen LogP contribution in [0.4, 0.5) is 0 Å². The van der Waals surface area contributed by atoms with Crippen LogP contribution in [0.5, 0.6) is 0 Å². The summed E-state index contributed by atoms with van der Waals surface area (Å²) in [5.41, 5.74) is 0.986. The number of esters is 1. The minimum absolute atomic E-state index is 0.204. The van der Waals surface area contributed by atoms with Crippen molar-refractivity contribution in [1.29, 1.82) is 0 Å². The molecule has 1 aromatic carbocycles. The fourth-order valence-corrected chi connectivity index (χ4v) is 2.09. The van der Waals surface area contributed by atoms with Crippen LogP contribution in [0, 0.1) is 0 Å². The quantitative estimate of drug-likeness (QED) is 0.787. The van der Waals surface area contributed by atoms with Crippen molar-refractivity contribution in [2.75, 3.05) is 6.61 Å². The van der Waals surface area contributed by atoms with Crippen LogP contribution >= 0.6 is 11.6 Å². The monoisotopic (exact) mass is 265 g/mol. The number of nitrogens with zero attached hydrogens (tertiary/aromatic N) is 1. The maximum atomic E-state index is 11.8. The highest BCUT2D eigenvalue weighted by Crippen LogP contribution is 2.23. The van der Waals surface area contributed by atoms with Crippen molar-refractivity contribution < 1.29 is 9.53 Å². The first-order valence-electron chi connectivity index (χ1n) is 6.06. The first-order chi connectivity index (χ1) is 8.63. The van der Waals surface area contributed by atoms with E-state index in [-0.39, 0.29) is 12.0 Å². The van der Waals surface area contributed by atoms with Gasteiger partial charge in [-0.2, -0.15) is 0 Å². The molecular weight excluding hydrogens is 250 g/mol. The summed E-state index contributed by atoms with van der Waals surface area (Å²) in [6.45, 7) is 4.28. The first kappa shape index (κ1) is 13.0. The van der Waals surface area contributed by atoms with Gasteiger partial charge in [0.15, 0.2) is 0 Å². The Morgan fingerprint density at radius 2 is 2.22 bits per heavy atom. The molecule has 2 aromatic rings. The van der Waals surface area contributed by atoms with Crippen molar-refractivity contribution in [3.05, 3.63) is 35.5 Å². The number of rotatable bonds is 4. The smallest absolute Gasteiger partial charge is 0.328 e. The summed E-state index contributed by atoms with van der Waals surface area (Å²) in [5, 5.41) is 1.72. The summed E-state index contributed by atoms with van der Waals surface area (Å²) in [6.07, 6.45) is 2.72. The fourth-order valence-electron chi connectivity index (χ4n) is 1.91. The zero-order valence-corrected chi connectivity index (χ0v) is 11.3. The van der Waals surface area contributed by atoms with Crippen molar-refractivity contribution in [2.45, 2.75) is 26.3 Å². The van der Waals surface area contributed by atoms with E-state index < -0.39 is 0 Å². The van der Waals surface area contributed by atoms with Crippen LogP contribution in [0.1, 0.15) is 26.3 Å². The molecule has 0 amide bonds. The third-order valence-electron chi connectivity index (χ3n) is 2.89. The van der Waals surface area contributed by atoms with E-state index >= 15 is 0 Å². The van der Waals surface area contributed by atoms with Crippen LogP contribution in [0.15, 0.2) is 30.5 Å². The summed E-state index contributed by atoms with van der Waals surface area (Å²) in [5.74, 6) is -0.204. The number of carbonyl (C=O) groups is 1. The maximum Gasteiger partial charge on any atom is 0.328 e. The molecule has 0 aliphatic heterocycles. The van der Waals surface area contributed by atoms with Crippen molar-refractivity contribution in [3.63, 3.8) is 0 Å². The average Bonchev–Trinajstić information content (AvgIpc) is 2.77. The number of halogens is 1. The van der Waals surface area contributed by atoms with Gasteiger partial charge in [0.1, 0.15) is 6.04 Å². The number of aromatic nitrogens is 1. The van der Waals surface area contributed by atoms with Crippen molar-refractivity contribution >= 4 is 28.5 Å². The highest BCUT2D eigenvalue weighted by atomic mass is 35.5. The second-order valence-electron chi connectivity index (χ2n) is 4.27. The van der Waals surface area contributed by atoms with E-state index in [0.717, 1.165) is 17.3 Å². The lowest BCUT2D eigenvalue weighted by Crippen LogP contribution is -2.18. The van der Waals surface area contributed by atoms with E-state index in [0.29, 0.717) is 11.6 Å². The van der Waals surface area contributed by atoms with Crippen LogP contribution in [0.25, 0.3) is 10.9 Å². The molecule has 4 heteroatoms. The zero-order valence-electron chi connectivity index (χ0n) is 10.5. The van der Waals surface area contributed by atoms with Gasteiger partial charge < -0.3 is 9.30 Å². The molecule has 96 valence electrons. The summed E-state index contributed by atoms with van der Waals surface area (Å²) in [7, 11) is 0. The second kappa shape index (κ2) is 5.44. The van der Waals surface area contributed by atoms with E-state index in [2.05, 4.69) is 0 Å². The van der Waals surface area contributed by atoms with Crippen LogP contribution in [-0.2, 0) is 9.53 Å².